The van der Waals surface area contributed by atoms with Crippen LogP contribution in [0.4, 0.5) is 11.4 Å². The molecule has 136 valence electrons. The zero-order chi connectivity index (χ0) is 19.1. The number of rotatable bonds is 3. The van der Waals surface area contributed by atoms with Gasteiger partial charge in [0.2, 0.25) is 0 Å². The second-order valence-corrected chi connectivity index (χ2v) is 7.35. The molecule has 6 heteroatoms. The number of hydrogen-bond acceptors (Lipinski definition) is 4. The Morgan fingerprint density at radius 1 is 1.15 bits per heavy atom. The molecule has 1 aliphatic rings. The van der Waals surface area contributed by atoms with Crippen molar-refractivity contribution in [2.24, 2.45) is 5.84 Å². The summed E-state index contributed by atoms with van der Waals surface area (Å²) in [6.45, 7) is 5.01. The molecule has 0 bridgehead atoms. The maximum atomic E-state index is 12.4. The SMILES string of the molecule is CC(=O)c1ccc2c(c1)C(Nc1ccc(Cl)cc1)CC(C)[N+]2(N)C(C)=O. The molecule has 5 nitrogen and oxygen atoms in total. The van der Waals surface area contributed by atoms with Gasteiger partial charge in [-0.15, -0.1) is 0 Å². The minimum Gasteiger partial charge on any atom is -0.378 e. The molecule has 0 aliphatic carbocycles. The number of fused-ring (bicyclic) bond motifs is 1. The lowest BCUT2D eigenvalue weighted by molar-refractivity contribution is -0.130. The Kier molecular flexibility index (Phi) is 4.88. The highest BCUT2D eigenvalue weighted by atomic mass is 35.5. The van der Waals surface area contributed by atoms with Crippen molar-refractivity contribution in [2.75, 3.05) is 5.32 Å². The first kappa shape index (κ1) is 18.6. The standard InChI is InChI=1S/C20H23ClN3O2/c1-12-10-19(23-17-7-5-16(21)6-8-17)18-11-15(13(2)25)4-9-20(18)24(12,22)14(3)26/h4-9,11-12,19,23H,10,22H2,1-3H3/q+1. The molecule has 3 atom stereocenters. The number of nitrogens with two attached hydrogens (primary N) is 1. The summed E-state index contributed by atoms with van der Waals surface area (Å²) in [6.07, 6.45) is 0.660. The van der Waals surface area contributed by atoms with E-state index in [2.05, 4.69) is 5.32 Å². The Labute approximate surface area is 158 Å². The summed E-state index contributed by atoms with van der Waals surface area (Å²) >= 11 is 5.96. The molecule has 0 spiro atoms. The van der Waals surface area contributed by atoms with Crippen LogP contribution in [0.5, 0.6) is 0 Å². The topological polar surface area (TPSA) is 72.2 Å². The van der Waals surface area contributed by atoms with Gasteiger partial charge < -0.3 is 5.32 Å². The quantitative estimate of drug-likeness (QED) is 0.366. The van der Waals surface area contributed by atoms with Crippen molar-refractivity contribution >= 4 is 34.7 Å². The van der Waals surface area contributed by atoms with E-state index in [1.54, 1.807) is 12.1 Å². The fourth-order valence-corrected chi connectivity index (χ4v) is 3.75. The van der Waals surface area contributed by atoms with Gasteiger partial charge in [-0.25, -0.2) is 4.79 Å². The third-order valence-electron chi connectivity index (χ3n) is 5.19. The third kappa shape index (κ3) is 3.14. The molecule has 0 aromatic heterocycles. The first-order valence-corrected chi connectivity index (χ1v) is 8.97. The minimum absolute atomic E-state index is 0.0189. The van der Waals surface area contributed by atoms with E-state index in [9.17, 15) is 9.59 Å². The number of nitrogens with zero attached hydrogens (tertiary/aromatic N) is 1. The molecule has 1 aliphatic heterocycles. The third-order valence-corrected chi connectivity index (χ3v) is 5.44. The average molecular weight is 373 g/mol. The van der Waals surface area contributed by atoms with E-state index in [1.807, 2.05) is 37.3 Å². The van der Waals surface area contributed by atoms with Crippen molar-refractivity contribution in [3.63, 3.8) is 0 Å². The van der Waals surface area contributed by atoms with Gasteiger partial charge in [-0.1, -0.05) is 11.6 Å². The van der Waals surface area contributed by atoms with Crippen LogP contribution in [0.3, 0.4) is 0 Å². The molecule has 26 heavy (non-hydrogen) atoms. The molecular weight excluding hydrogens is 350 g/mol. The lowest BCUT2D eigenvalue weighted by Gasteiger charge is -2.42. The molecule has 3 unspecified atom stereocenters. The first-order chi connectivity index (χ1) is 12.2. The summed E-state index contributed by atoms with van der Waals surface area (Å²) in [5.74, 6) is 6.37. The lowest BCUT2D eigenvalue weighted by atomic mass is 9.88. The van der Waals surface area contributed by atoms with E-state index in [-0.39, 0.29) is 28.4 Å². The molecule has 0 radical (unpaired) electrons. The van der Waals surface area contributed by atoms with Gasteiger partial charge >= 0.3 is 5.91 Å². The van der Waals surface area contributed by atoms with Gasteiger partial charge in [-0.05, 0) is 50.2 Å². The van der Waals surface area contributed by atoms with Crippen molar-refractivity contribution in [1.29, 1.82) is 0 Å². The number of benzene rings is 2. The summed E-state index contributed by atoms with van der Waals surface area (Å²) in [4.78, 5) is 24.2. The zero-order valence-corrected chi connectivity index (χ0v) is 15.9. The van der Waals surface area contributed by atoms with Crippen LogP contribution >= 0.6 is 11.6 Å². The predicted octanol–water partition coefficient (Wildman–Crippen LogP) is 4.22. The van der Waals surface area contributed by atoms with E-state index in [0.717, 1.165) is 16.9 Å². The van der Waals surface area contributed by atoms with Gasteiger partial charge in [-0.2, -0.15) is 10.4 Å². The summed E-state index contributed by atoms with van der Waals surface area (Å²) in [5.41, 5.74) is 3.14. The second kappa shape index (κ2) is 6.83. The normalized spacial score (nSPS) is 24.7. The van der Waals surface area contributed by atoms with E-state index >= 15 is 0 Å². The van der Waals surface area contributed by atoms with Gasteiger partial charge in [0.25, 0.3) is 0 Å². The largest absolute Gasteiger partial charge is 0.378 e. The Morgan fingerprint density at radius 3 is 2.38 bits per heavy atom. The van der Waals surface area contributed by atoms with Crippen molar-refractivity contribution in [1.82, 2.24) is 4.59 Å². The molecule has 3 N–H and O–H groups in total. The number of amides is 1. The van der Waals surface area contributed by atoms with Crippen molar-refractivity contribution < 1.29 is 9.59 Å². The molecule has 2 aromatic carbocycles. The van der Waals surface area contributed by atoms with Crippen molar-refractivity contribution in [3.05, 3.63) is 58.6 Å². The van der Waals surface area contributed by atoms with E-state index in [1.165, 1.54) is 13.8 Å². The maximum Gasteiger partial charge on any atom is 0.334 e. The number of Topliss-reactive ketones (excluding diaryl/α,β-unsaturated/α-hetero) is 1. The molecular formula is C20H23ClN3O2+. The summed E-state index contributed by atoms with van der Waals surface area (Å²) < 4.78 is -0.258. The number of anilines is 1. The van der Waals surface area contributed by atoms with E-state index in [4.69, 9.17) is 17.4 Å². The van der Waals surface area contributed by atoms with Crippen molar-refractivity contribution in [3.8, 4) is 0 Å². The molecule has 1 amide bonds. The number of halogens is 1. The highest BCUT2D eigenvalue weighted by molar-refractivity contribution is 6.30. The average Bonchev–Trinajstić information content (AvgIpc) is 2.60. The van der Waals surface area contributed by atoms with Crippen LogP contribution in [0.2, 0.25) is 5.02 Å². The van der Waals surface area contributed by atoms with Gasteiger partial charge in [0.05, 0.1) is 13.0 Å². The van der Waals surface area contributed by atoms with Crippen LogP contribution in [-0.4, -0.2) is 17.7 Å². The van der Waals surface area contributed by atoms with E-state index in [0.29, 0.717) is 17.0 Å². The highest BCUT2D eigenvalue weighted by Gasteiger charge is 2.47. The van der Waals surface area contributed by atoms with Gasteiger partial charge in [0.15, 0.2) is 11.5 Å². The number of ketones is 1. The number of carbonyl (C=O) groups excluding carboxylic acids is 2. The van der Waals surface area contributed by atoms with Crippen molar-refractivity contribution in [2.45, 2.75) is 39.3 Å². The minimum atomic E-state index is -0.258. The molecule has 0 fully saturated rings. The lowest BCUT2D eigenvalue weighted by Crippen LogP contribution is -2.67. The van der Waals surface area contributed by atoms with E-state index < -0.39 is 0 Å². The fourth-order valence-electron chi connectivity index (χ4n) is 3.63. The van der Waals surface area contributed by atoms with Gasteiger partial charge in [0, 0.05) is 34.3 Å². The number of nitrogens with one attached hydrogen (secondary N) is 1. The molecule has 3 rings (SSSR count). The Hall–Kier alpha value is -2.21. The molecule has 2 aromatic rings. The number of hydrogen-bond donors (Lipinski definition) is 2. The van der Waals surface area contributed by atoms with Crippen LogP contribution in [0, 0.1) is 0 Å². The first-order valence-electron chi connectivity index (χ1n) is 8.59. The Balaban J connectivity index is 2.09. The molecule has 0 saturated heterocycles. The molecule has 1 heterocycles. The summed E-state index contributed by atoms with van der Waals surface area (Å²) in [7, 11) is 0. The summed E-state index contributed by atoms with van der Waals surface area (Å²) in [6, 6.07) is 12.7. The van der Waals surface area contributed by atoms with Gasteiger partial charge in [0.1, 0.15) is 6.04 Å². The molecule has 0 saturated carbocycles. The van der Waals surface area contributed by atoms with Crippen LogP contribution in [0.25, 0.3) is 0 Å². The second-order valence-electron chi connectivity index (χ2n) is 6.91. The zero-order valence-electron chi connectivity index (χ0n) is 15.1. The van der Waals surface area contributed by atoms with Gasteiger partial charge in [-0.3, -0.25) is 4.79 Å². The smallest absolute Gasteiger partial charge is 0.334 e. The van der Waals surface area contributed by atoms with Crippen LogP contribution < -0.4 is 15.8 Å². The Morgan fingerprint density at radius 2 is 1.81 bits per heavy atom. The number of quaternary nitrogens is 1. The predicted molar refractivity (Wildman–Crippen MR) is 105 cm³/mol. The monoisotopic (exact) mass is 372 g/mol. The Bertz CT molecular complexity index is 866. The maximum absolute atomic E-state index is 12.4. The highest BCUT2D eigenvalue weighted by Crippen LogP contribution is 2.42. The van der Waals surface area contributed by atoms with Crippen LogP contribution in [-0.2, 0) is 4.79 Å². The fraction of sp³-hybridized carbons (Fsp3) is 0.300. The summed E-state index contributed by atoms with van der Waals surface area (Å²) in [5, 5.41) is 4.16. The van der Waals surface area contributed by atoms with Crippen LogP contribution in [0.15, 0.2) is 42.5 Å². The number of carbonyl (C=O) groups is 2. The van der Waals surface area contributed by atoms with Crippen LogP contribution in [0.1, 0.15) is 49.2 Å².